The van der Waals surface area contributed by atoms with Crippen molar-refractivity contribution < 1.29 is 19.4 Å². The summed E-state index contributed by atoms with van der Waals surface area (Å²) in [7, 11) is 0. The van der Waals surface area contributed by atoms with Crippen LogP contribution in [0.4, 0.5) is 0 Å². The maximum Gasteiger partial charge on any atom is 0.356 e. The summed E-state index contributed by atoms with van der Waals surface area (Å²) in [5.41, 5.74) is 2.48. The van der Waals surface area contributed by atoms with Crippen molar-refractivity contribution in [1.82, 2.24) is 24.6 Å². The Balaban J connectivity index is 1.55. The lowest BCUT2D eigenvalue weighted by atomic mass is 10.1. The minimum Gasteiger partial charge on any atom is -0.491 e. The number of benzene rings is 1. The van der Waals surface area contributed by atoms with Gasteiger partial charge in [-0.05, 0) is 37.1 Å². The molecule has 3 rings (SSSR count). The zero-order chi connectivity index (χ0) is 20.8. The lowest BCUT2D eigenvalue weighted by Gasteiger charge is -2.13. The summed E-state index contributed by atoms with van der Waals surface area (Å²) in [6.45, 7) is 5.67. The fourth-order valence-electron chi connectivity index (χ4n) is 2.93. The van der Waals surface area contributed by atoms with Crippen LogP contribution in [-0.4, -0.2) is 49.5 Å². The zero-order valence-electron chi connectivity index (χ0n) is 16.3. The molecule has 9 nitrogen and oxygen atoms in total. The van der Waals surface area contributed by atoms with Crippen molar-refractivity contribution >= 4 is 11.9 Å². The van der Waals surface area contributed by atoms with E-state index in [1.165, 1.54) is 12.5 Å². The first kappa shape index (κ1) is 20.1. The van der Waals surface area contributed by atoms with Crippen LogP contribution < -0.4 is 10.1 Å². The van der Waals surface area contributed by atoms with Crippen LogP contribution in [0, 0.1) is 6.92 Å². The van der Waals surface area contributed by atoms with E-state index in [0.717, 1.165) is 11.1 Å². The van der Waals surface area contributed by atoms with Crippen molar-refractivity contribution in [1.29, 1.82) is 0 Å². The molecule has 1 amide bonds. The summed E-state index contributed by atoms with van der Waals surface area (Å²) in [5.74, 6) is -0.525. The van der Waals surface area contributed by atoms with Gasteiger partial charge in [0.25, 0.3) is 5.91 Å². The molecule has 0 aliphatic heterocycles. The van der Waals surface area contributed by atoms with Crippen molar-refractivity contribution in [2.24, 2.45) is 0 Å². The lowest BCUT2D eigenvalue weighted by molar-refractivity contribution is 0.0690. The smallest absolute Gasteiger partial charge is 0.356 e. The normalized spacial score (nSPS) is 10.7. The number of carboxylic acids is 1. The Hall–Kier alpha value is -3.62. The molecule has 152 valence electrons. The minimum atomic E-state index is -1.05. The highest BCUT2D eigenvalue weighted by atomic mass is 16.5. The van der Waals surface area contributed by atoms with Gasteiger partial charge in [-0.15, -0.1) is 0 Å². The van der Waals surface area contributed by atoms with E-state index < -0.39 is 5.97 Å². The second-order valence-electron chi connectivity index (χ2n) is 6.41. The SMILES string of the molecule is CCn1nccc1C(=O)NCCOc1cccc(Cn2cnc(C(=O)O)c2)c1C. The number of aryl methyl sites for hydroxylation is 1. The summed E-state index contributed by atoms with van der Waals surface area (Å²) >= 11 is 0. The van der Waals surface area contributed by atoms with E-state index in [1.807, 2.05) is 32.0 Å². The number of carbonyl (C=O) groups is 2. The average Bonchev–Trinajstić information content (AvgIpc) is 3.37. The Kier molecular flexibility index (Phi) is 6.28. The number of hydrogen-bond acceptors (Lipinski definition) is 5. The first-order chi connectivity index (χ1) is 14.0. The average molecular weight is 397 g/mol. The third-order valence-electron chi connectivity index (χ3n) is 4.50. The van der Waals surface area contributed by atoms with Gasteiger partial charge in [0.1, 0.15) is 18.1 Å². The summed E-state index contributed by atoms with van der Waals surface area (Å²) in [4.78, 5) is 27.0. The van der Waals surface area contributed by atoms with Gasteiger partial charge in [0.15, 0.2) is 5.69 Å². The Bertz CT molecular complexity index is 1010. The van der Waals surface area contributed by atoms with E-state index in [1.54, 1.807) is 21.5 Å². The molecular formula is C20H23N5O4. The quantitative estimate of drug-likeness (QED) is 0.534. The van der Waals surface area contributed by atoms with Gasteiger partial charge in [0, 0.05) is 25.5 Å². The highest BCUT2D eigenvalue weighted by Gasteiger charge is 2.11. The highest BCUT2D eigenvalue weighted by Crippen LogP contribution is 2.22. The molecule has 2 heterocycles. The van der Waals surface area contributed by atoms with E-state index >= 15 is 0 Å². The molecule has 1 aromatic carbocycles. The molecule has 9 heteroatoms. The van der Waals surface area contributed by atoms with Crippen molar-refractivity contribution in [3.8, 4) is 5.75 Å². The topological polar surface area (TPSA) is 111 Å². The largest absolute Gasteiger partial charge is 0.491 e. The number of imidazole rings is 1. The predicted molar refractivity (Wildman–Crippen MR) is 105 cm³/mol. The molecular weight excluding hydrogens is 374 g/mol. The molecule has 0 spiro atoms. The van der Waals surface area contributed by atoms with E-state index in [4.69, 9.17) is 9.84 Å². The van der Waals surface area contributed by atoms with Gasteiger partial charge in [-0.2, -0.15) is 5.10 Å². The highest BCUT2D eigenvalue weighted by molar-refractivity contribution is 5.92. The lowest BCUT2D eigenvalue weighted by Crippen LogP contribution is -2.30. The number of rotatable bonds is 9. The molecule has 0 fully saturated rings. The van der Waals surface area contributed by atoms with E-state index in [2.05, 4.69) is 15.4 Å². The monoisotopic (exact) mass is 397 g/mol. The fourth-order valence-corrected chi connectivity index (χ4v) is 2.93. The fraction of sp³-hybridized carbons (Fsp3) is 0.300. The second kappa shape index (κ2) is 9.05. The van der Waals surface area contributed by atoms with Crippen molar-refractivity contribution in [3.63, 3.8) is 0 Å². The van der Waals surface area contributed by atoms with E-state index in [-0.39, 0.29) is 11.6 Å². The van der Waals surface area contributed by atoms with Gasteiger partial charge in [-0.1, -0.05) is 12.1 Å². The van der Waals surface area contributed by atoms with Gasteiger partial charge >= 0.3 is 5.97 Å². The zero-order valence-corrected chi connectivity index (χ0v) is 16.3. The molecule has 0 aliphatic carbocycles. The molecule has 0 radical (unpaired) electrons. The second-order valence-corrected chi connectivity index (χ2v) is 6.41. The molecule has 3 aromatic rings. The van der Waals surface area contributed by atoms with Crippen molar-refractivity contribution in [2.75, 3.05) is 13.2 Å². The van der Waals surface area contributed by atoms with Crippen LogP contribution in [0.2, 0.25) is 0 Å². The number of ether oxygens (including phenoxy) is 1. The number of nitrogens with zero attached hydrogens (tertiary/aromatic N) is 4. The molecule has 0 aliphatic rings. The predicted octanol–water partition coefficient (Wildman–Crippen LogP) is 1.96. The Labute approximate surface area is 167 Å². The molecule has 0 unspecified atom stereocenters. The maximum absolute atomic E-state index is 12.2. The van der Waals surface area contributed by atoms with Crippen LogP contribution in [0.15, 0.2) is 43.0 Å². The Morgan fingerprint density at radius 1 is 1.28 bits per heavy atom. The first-order valence-corrected chi connectivity index (χ1v) is 9.26. The van der Waals surface area contributed by atoms with Crippen LogP contribution >= 0.6 is 0 Å². The van der Waals surface area contributed by atoms with Crippen molar-refractivity contribution in [2.45, 2.75) is 26.9 Å². The van der Waals surface area contributed by atoms with E-state index in [9.17, 15) is 9.59 Å². The van der Waals surface area contributed by atoms with Crippen LogP contribution in [0.3, 0.4) is 0 Å². The number of aromatic nitrogens is 4. The van der Waals surface area contributed by atoms with E-state index in [0.29, 0.717) is 37.7 Å². The number of nitrogens with one attached hydrogen (secondary N) is 1. The Morgan fingerprint density at radius 3 is 2.83 bits per heavy atom. The summed E-state index contributed by atoms with van der Waals surface area (Å²) in [5, 5.41) is 15.9. The Morgan fingerprint density at radius 2 is 2.10 bits per heavy atom. The molecule has 0 bridgehead atoms. The molecule has 0 atom stereocenters. The van der Waals surface area contributed by atoms with Gasteiger partial charge in [0.05, 0.1) is 12.9 Å². The number of hydrogen-bond donors (Lipinski definition) is 2. The van der Waals surface area contributed by atoms with Gasteiger partial charge in [0.2, 0.25) is 0 Å². The van der Waals surface area contributed by atoms with Gasteiger partial charge in [-0.3, -0.25) is 9.48 Å². The summed E-state index contributed by atoms with van der Waals surface area (Å²) in [6.07, 6.45) is 4.59. The number of carbonyl (C=O) groups excluding carboxylic acids is 1. The summed E-state index contributed by atoms with van der Waals surface area (Å²) < 4.78 is 9.18. The number of carboxylic acid groups (broad SMARTS) is 1. The molecule has 29 heavy (non-hydrogen) atoms. The van der Waals surface area contributed by atoms with Crippen LogP contribution in [-0.2, 0) is 13.1 Å². The minimum absolute atomic E-state index is 0.00946. The van der Waals surface area contributed by atoms with Crippen LogP contribution in [0.5, 0.6) is 5.75 Å². The molecule has 2 N–H and O–H groups in total. The molecule has 0 saturated heterocycles. The van der Waals surface area contributed by atoms with Crippen LogP contribution in [0.1, 0.15) is 39.0 Å². The third kappa shape index (κ3) is 4.81. The van der Waals surface area contributed by atoms with Gasteiger partial charge < -0.3 is 19.7 Å². The molecule has 0 saturated carbocycles. The van der Waals surface area contributed by atoms with Crippen molar-refractivity contribution in [3.05, 3.63) is 65.5 Å². The standard InChI is InChI=1S/C20H23N5O4/c1-3-25-17(7-8-23-25)19(26)21-9-10-29-18-6-4-5-15(14(18)2)11-24-12-16(20(27)28)22-13-24/h4-8,12-13H,3,9-11H2,1-2H3,(H,21,26)(H,27,28). The number of amides is 1. The maximum atomic E-state index is 12.2. The summed E-state index contributed by atoms with van der Waals surface area (Å²) in [6, 6.07) is 7.38. The third-order valence-corrected chi connectivity index (χ3v) is 4.50. The van der Waals surface area contributed by atoms with Crippen LogP contribution in [0.25, 0.3) is 0 Å². The molecule has 2 aromatic heterocycles. The first-order valence-electron chi connectivity index (χ1n) is 9.26. The number of aromatic carboxylic acids is 1. The van der Waals surface area contributed by atoms with Gasteiger partial charge in [-0.25, -0.2) is 9.78 Å².